The van der Waals surface area contributed by atoms with E-state index >= 15 is 0 Å². The number of hydrogen-bond donors (Lipinski definition) is 2. The third-order valence-electron chi connectivity index (χ3n) is 3.65. The summed E-state index contributed by atoms with van der Waals surface area (Å²) in [5, 5.41) is 7.31. The van der Waals surface area contributed by atoms with Crippen molar-refractivity contribution in [1.29, 1.82) is 0 Å². The Hall–Kier alpha value is -2.01. The van der Waals surface area contributed by atoms with E-state index in [1.54, 1.807) is 13.2 Å². The molecule has 128 valence electrons. The average Bonchev–Trinajstić information content (AvgIpc) is 3.30. The number of rotatable bonds is 5. The van der Waals surface area contributed by atoms with Gasteiger partial charge < -0.3 is 15.4 Å². The Bertz CT molecular complexity index is 738. The summed E-state index contributed by atoms with van der Waals surface area (Å²) in [5.74, 6) is 2.63. The molecular formula is C18H23ClN4O. The minimum Gasteiger partial charge on any atom is -0.495 e. The topological polar surface area (TPSA) is 59.1 Å². The zero-order chi connectivity index (χ0) is 17.3. The van der Waals surface area contributed by atoms with Crippen LogP contribution in [-0.4, -0.2) is 22.6 Å². The molecule has 1 saturated carbocycles. The molecule has 0 aliphatic heterocycles. The van der Waals surface area contributed by atoms with Gasteiger partial charge in [0.15, 0.2) is 0 Å². The summed E-state index contributed by atoms with van der Waals surface area (Å²) in [5.41, 5.74) is 1.75. The van der Waals surface area contributed by atoms with E-state index in [4.69, 9.17) is 16.3 Å². The number of halogens is 1. The Kier molecular flexibility index (Phi) is 4.54. The molecule has 1 aromatic heterocycles. The maximum atomic E-state index is 6.11. The fraction of sp³-hybridized carbons (Fsp3) is 0.444. The molecule has 0 amide bonds. The van der Waals surface area contributed by atoms with E-state index in [1.807, 2.05) is 18.2 Å². The highest BCUT2D eigenvalue weighted by Crippen LogP contribution is 2.40. The lowest BCUT2D eigenvalue weighted by Gasteiger charge is -2.21. The smallest absolute Gasteiger partial charge is 0.225 e. The third kappa shape index (κ3) is 4.29. The second-order valence-electron chi connectivity index (χ2n) is 7.12. The Morgan fingerprint density at radius 3 is 2.54 bits per heavy atom. The highest BCUT2D eigenvalue weighted by Gasteiger charge is 2.27. The molecule has 1 aliphatic carbocycles. The quantitative estimate of drug-likeness (QED) is 0.800. The van der Waals surface area contributed by atoms with E-state index in [1.165, 1.54) is 12.8 Å². The summed E-state index contributed by atoms with van der Waals surface area (Å²) in [7, 11) is 1.64. The van der Waals surface area contributed by atoms with Gasteiger partial charge in [-0.3, -0.25) is 0 Å². The molecule has 1 aliphatic rings. The summed E-state index contributed by atoms with van der Waals surface area (Å²) >= 11 is 6.11. The maximum Gasteiger partial charge on any atom is 0.225 e. The standard InChI is InChI=1S/C18H23ClN4O/c1-18(2,3)23-17-21-13(11-5-6-11)10-16(22-17)20-14-9-12(19)7-8-15(14)24-4/h7-11H,5-6H2,1-4H3,(H2,20,21,22,23). The lowest BCUT2D eigenvalue weighted by atomic mass is 10.1. The molecule has 0 saturated heterocycles. The van der Waals surface area contributed by atoms with Crippen LogP contribution in [0.3, 0.4) is 0 Å². The molecule has 24 heavy (non-hydrogen) atoms. The van der Waals surface area contributed by atoms with Crippen molar-refractivity contribution in [2.75, 3.05) is 17.7 Å². The van der Waals surface area contributed by atoms with Gasteiger partial charge in [0.2, 0.25) is 5.95 Å². The molecule has 1 fully saturated rings. The van der Waals surface area contributed by atoms with Crippen molar-refractivity contribution in [2.45, 2.75) is 45.1 Å². The third-order valence-corrected chi connectivity index (χ3v) is 3.89. The van der Waals surface area contributed by atoms with E-state index in [0.29, 0.717) is 16.9 Å². The number of hydrogen-bond acceptors (Lipinski definition) is 5. The largest absolute Gasteiger partial charge is 0.495 e. The zero-order valence-corrected chi connectivity index (χ0v) is 15.2. The average molecular weight is 347 g/mol. The first-order valence-electron chi connectivity index (χ1n) is 8.12. The maximum absolute atomic E-state index is 6.11. The van der Waals surface area contributed by atoms with Crippen LogP contribution >= 0.6 is 11.6 Å². The molecule has 0 unspecified atom stereocenters. The van der Waals surface area contributed by atoms with E-state index in [-0.39, 0.29) is 5.54 Å². The molecule has 5 nitrogen and oxygen atoms in total. The van der Waals surface area contributed by atoms with Gasteiger partial charge in [-0.05, 0) is 51.8 Å². The van der Waals surface area contributed by atoms with Crippen LogP contribution in [0.15, 0.2) is 24.3 Å². The van der Waals surface area contributed by atoms with Crippen molar-refractivity contribution in [3.05, 3.63) is 35.0 Å². The van der Waals surface area contributed by atoms with Crippen molar-refractivity contribution in [3.63, 3.8) is 0 Å². The highest BCUT2D eigenvalue weighted by atomic mass is 35.5. The summed E-state index contributed by atoms with van der Waals surface area (Å²) in [6, 6.07) is 7.47. The molecule has 1 aromatic carbocycles. The molecule has 1 heterocycles. The fourth-order valence-electron chi connectivity index (χ4n) is 2.43. The van der Waals surface area contributed by atoms with Crippen molar-refractivity contribution in [1.82, 2.24) is 9.97 Å². The lowest BCUT2D eigenvalue weighted by Crippen LogP contribution is -2.27. The van der Waals surface area contributed by atoms with Crippen LogP contribution in [0.5, 0.6) is 5.75 Å². The van der Waals surface area contributed by atoms with Gasteiger partial charge in [-0.1, -0.05) is 11.6 Å². The van der Waals surface area contributed by atoms with Crippen LogP contribution in [0, 0.1) is 0 Å². The van der Waals surface area contributed by atoms with Crippen LogP contribution in [0.25, 0.3) is 0 Å². The second-order valence-corrected chi connectivity index (χ2v) is 7.56. The van der Waals surface area contributed by atoms with Crippen LogP contribution < -0.4 is 15.4 Å². The molecule has 2 aromatic rings. The predicted octanol–water partition coefficient (Wildman–Crippen LogP) is 4.97. The monoisotopic (exact) mass is 346 g/mol. The van der Waals surface area contributed by atoms with Crippen molar-refractivity contribution in [2.24, 2.45) is 0 Å². The minimum atomic E-state index is -0.104. The van der Waals surface area contributed by atoms with Gasteiger partial charge in [-0.25, -0.2) is 4.98 Å². The zero-order valence-electron chi connectivity index (χ0n) is 14.5. The number of anilines is 3. The van der Waals surface area contributed by atoms with Gasteiger partial charge in [0, 0.05) is 22.5 Å². The van der Waals surface area contributed by atoms with Crippen LogP contribution in [0.1, 0.15) is 45.2 Å². The Labute approximate surface area is 147 Å². The van der Waals surface area contributed by atoms with Gasteiger partial charge in [-0.2, -0.15) is 4.98 Å². The first-order chi connectivity index (χ1) is 11.3. The van der Waals surface area contributed by atoms with E-state index in [2.05, 4.69) is 41.4 Å². The fourth-order valence-corrected chi connectivity index (χ4v) is 2.60. The minimum absolute atomic E-state index is 0.104. The number of aromatic nitrogens is 2. The van der Waals surface area contributed by atoms with Gasteiger partial charge in [0.05, 0.1) is 18.5 Å². The summed E-state index contributed by atoms with van der Waals surface area (Å²) in [6.45, 7) is 6.27. The van der Waals surface area contributed by atoms with E-state index in [0.717, 1.165) is 22.9 Å². The molecule has 6 heteroatoms. The number of nitrogens with zero attached hydrogens (tertiary/aromatic N) is 2. The first kappa shape index (κ1) is 16.8. The van der Waals surface area contributed by atoms with Gasteiger partial charge in [0.25, 0.3) is 0 Å². The van der Waals surface area contributed by atoms with Crippen LogP contribution in [-0.2, 0) is 0 Å². The predicted molar refractivity (Wildman–Crippen MR) is 98.7 cm³/mol. The molecule has 0 radical (unpaired) electrons. The Balaban J connectivity index is 1.93. The second kappa shape index (κ2) is 6.48. The number of ether oxygens (including phenoxy) is 1. The van der Waals surface area contributed by atoms with Crippen LogP contribution in [0.4, 0.5) is 17.5 Å². The Morgan fingerprint density at radius 1 is 1.17 bits per heavy atom. The molecule has 2 N–H and O–H groups in total. The van der Waals surface area contributed by atoms with E-state index in [9.17, 15) is 0 Å². The number of benzene rings is 1. The van der Waals surface area contributed by atoms with E-state index < -0.39 is 0 Å². The van der Waals surface area contributed by atoms with Crippen molar-refractivity contribution >= 4 is 29.1 Å². The summed E-state index contributed by atoms with van der Waals surface area (Å²) < 4.78 is 5.39. The highest BCUT2D eigenvalue weighted by molar-refractivity contribution is 6.31. The van der Waals surface area contributed by atoms with Gasteiger partial charge in [0.1, 0.15) is 11.6 Å². The normalized spacial score (nSPS) is 14.4. The molecular weight excluding hydrogens is 324 g/mol. The first-order valence-corrected chi connectivity index (χ1v) is 8.49. The summed E-state index contributed by atoms with van der Waals surface area (Å²) in [4.78, 5) is 9.26. The van der Waals surface area contributed by atoms with Crippen molar-refractivity contribution in [3.8, 4) is 5.75 Å². The van der Waals surface area contributed by atoms with Gasteiger partial charge >= 0.3 is 0 Å². The molecule has 3 rings (SSSR count). The molecule has 0 bridgehead atoms. The summed E-state index contributed by atoms with van der Waals surface area (Å²) in [6.07, 6.45) is 2.37. The lowest BCUT2D eigenvalue weighted by molar-refractivity contribution is 0.417. The van der Waals surface area contributed by atoms with Crippen molar-refractivity contribution < 1.29 is 4.74 Å². The number of methoxy groups -OCH3 is 1. The molecule has 0 spiro atoms. The number of nitrogens with one attached hydrogen (secondary N) is 2. The Morgan fingerprint density at radius 2 is 1.92 bits per heavy atom. The van der Waals surface area contributed by atoms with Gasteiger partial charge in [-0.15, -0.1) is 0 Å². The van der Waals surface area contributed by atoms with Crippen LogP contribution in [0.2, 0.25) is 5.02 Å². The SMILES string of the molecule is COc1ccc(Cl)cc1Nc1cc(C2CC2)nc(NC(C)(C)C)n1. The molecule has 0 atom stereocenters.